The van der Waals surface area contributed by atoms with Crippen LogP contribution in [0.1, 0.15) is 61.5 Å². The highest BCUT2D eigenvalue weighted by Crippen LogP contribution is 2.39. The molecule has 1 N–H and O–H groups in total. The maximum absolute atomic E-state index is 12.3. The summed E-state index contributed by atoms with van der Waals surface area (Å²) >= 11 is 0. The van der Waals surface area contributed by atoms with Crippen molar-refractivity contribution in [3.05, 3.63) is 53.1 Å². The third kappa shape index (κ3) is 4.35. The zero-order valence-electron chi connectivity index (χ0n) is 17.1. The van der Waals surface area contributed by atoms with E-state index in [9.17, 15) is 9.59 Å². The van der Waals surface area contributed by atoms with Crippen LogP contribution in [0.25, 0.3) is 0 Å². The van der Waals surface area contributed by atoms with Gasteiger partial charge in [0, 0.05) is 11.3 Å². The van der Waals surface area contributed by atoms with Gasteiger partial charge in [-0.2, -0.15) is 0 Å². The Morgan fingerprint density at radius 2 is 1.86 bits per heavy atom. The SMILES string of the molecule is Cc1c(OCC(=O)Nc2ccc(C(C)C)cc2)ccc2c1OC(C)(C)CC2=O. The van der Waals surface area contributed by atoms with Gasteiger partial charge in [-0.15, -0.1) is 0 Å². The van der Waals surface area contributed by atoms with Crippen molar-refractivity contribution in [3.63, 3.8) is 0 Å². The number of carbonyl (C=O) groups is 2. The maximum Gasteiger partial charge on any atom is 0.262 e. The van der Waals surface area contributed by atoms with E-state index in [0.29, 0.717) is 29.4 Å². The van der Waals surface area contributed by atoms with E-state index >= 15 is 0 Å². The highest BCUT2D eigenvalue weighted by Gasteiger charge is 2.34. The fourth-order valence-electron chi connectivity index (χ4n) is 3.27. The van der Waals surface area contributed by atoms with Crippen LogP contribution in [0.4, 0.5) is 5.69 Å². The van der Waals surface area contributed by atoms with Gasteiger partial charge >= 0.3 is 0 Å². The number of hydrogen-bond donors (Lipinski definition) is 1. The van der Waals surface area contributed by atoms with E-state index in [-0.39, 0.29) is 18.3 Å². The largest absolute Gasteiger partial charge is 0.486 e. The Hall–Kier alpha value is -2.82. The van der Waals surface area contributed by atoms with E-state index in [1.54, 1.807) is 12.1 Å². The van der Waals surface area contributed by atoms with Gasteiger partial charge in [-0.3, -0.25) is 9.59 Å². The molecule has 5 nitrogen and oxygen atoms in total. The van der Waals surface area contributed by atoms with Gasteiger partial charge in [-0.25, -0.2) is 0 Å². The molecule has 0 radical (unpaired) electrons. The molecule has 3 rings (SSSR count). The van der Waals surface area contributed by atoms with Crippen molar-refractivity contribution in [2.45, 2.75) is 52.6 Å². The van der Waals surface area contributed by atoms with E-state index in [0.717, 1.165) is 11.3 Å². The monoisotopic (exact) mass is 381 g/mol. The van der Waals surface area contributed by atoms with E-state index in [4.69, 9.17) is 9.47 Å². The lowest BCUT2D eigenvalue weighted by atomic mass is 9.91. The third-order valence-electron chi connectivity index (χ3n) is 4.84. The highest BCUT2D eigenvalue weighted by atomic mass is 16.5. The Labute approximate surface area is 166 Å². The van der Waals surface area contributed by atoms with Crippen LogP contribution in [-0.4, -0.2) is 23.9 Å². The maximum atomic E-state index is 12.3. The summed E-state index contributed by atoms with van der Waals surface area (Å²) in [4.78, 5) is 24.6. The predicted molar refractivity (Wildman–Crippen MR) is 109 cm³/mol. The van der Waals surface area contributed by atoms with Crippen molar-refractivity contribution in [1.29, 1.82) is 0 Å². The van der Waals surface area contributed by atoms with E-state index in [1.807, 2.05) is 45.0 Å². The summed E-state index contributed by atoms with van der Waals surface area (Å²) in [7, 11) is 0. The molecule has 0 atom stereocenters. The first kappa shape index (κ1) is 19.9. The highest BCUT2D eigenvalue weighted by molar-refractivity contribution is 6.01. The molecule has 28 heavy (non-hydrogen) atoms. The summed E-state index contributed by atoms with van der Waals surface area (Å²) in [5.74, 6) is 1.34. The fraction of sp³-hybridized carbons (Fsp3) is 0.391. The zero-order chi connectivity index (χ0) is 20.5. The minimum atomic E-state index is -0.549. The van der Waals surface area contributed by atoms with Gasteiger partial charge in [-0.1, -0.05) is 26.0 Å². The van der Waals surface area contributed by atoms with Crippen molar-refractivity contribution in [2.24, 2.45) is 0 Å². The number of carbonyl (C=O) groups excluding carboxylic acids is 2. The van der Waals surface area contributed by atoms with Crippen molar-refractivity contribution >= 4 is 17.4 Å². The molecule has 0 fully saturated rings. The smallest absolute Gasteiger partial charge is 0.262 e. The molecular weight excluding hydrogens is 354 g/mol. The minimum absolute atomic E-state index is 0.0588. The molecule has 2 aromatic carbocycles. The Morgan fingerprint density at radius 3 is 2.50 bits per heavy atom. The van der Waals surface area contributed by atoms with Crippen LogP contribution in [0.15, 0.2) is 36.4 Å². The average Bonchev–Trinajstić information content (AvgIpc) is 2.61. The van der Waals surface area contributed by atoms with Crippen molar-refractivity contribution in [3.8, 4) is 11.5 Å². The summed E-state index contributed by atoms with van der Waals surface area (Å²) in [5, 5.41) is 2.83. The summed E-state index contributed by atoms with van der Waals surface area (Å²) in [5.41, 5.74) is 2.70. The predicted octanol–water partition coefficient (Wildman–Crippen LogP) is 4.88. The normalized spacial score (nSPS) is 15.0. The van der Waals surface area contributed by atoms with E-state index in [1.165, 1.54) is 5.56 Å². The molecule has 0 saturated heterocycles. The lowest BCUT2D eigenvalue weighted by Gasteiger charge is -2.33. The first-order valence-electron chi connectivity index (χ1n) is 9.55. The third-order valence-corrected chi connectivity index (χ3v) is 4.84. The van der Waals surface area contributed by atoms with Crippen LogP contribution in [0.2, 0.25) is 0 Å². The Bertz CT molecular complexity index is 898. The van der Waals surface area contributed by atoms with Crippen molar-refractivity contribution in [2.75, 3.05) is 11.9 Å². The van der Waals surface area contributed by atoms with Crippen molar-refractivity contribution in [1.82, 2.24) is 0 Å². The standard InChI is InChI=1S/C23H27NO4/c1-14(2)16-6-8-17(9-7-16)24-21(26)13-27-20-11-10-18-19(25)12-23(4,5)28-22(18)15(20)3/h6-11,14H,12-13H2,1-5H3,(H,24,26). The van der Waals surface area contributed by atoms with Crippen molar-refractivity contribution < 1.29 is 19.1 Å². The molecule has 0 unspecified atom stereocenters. The number of anilines is 1. The number of amides is 1. The Balaban J connectivity index is 1.66. The topological polar surface area (TPSA) is 64.6 Å². The molecule has 1 heterocycles. The molecule has 0 aromatic heterocycles. The second-order valence-corrected chi connectivity index (χ2v) is 8.14. The molecule has 0 bridgehead atoms. The molecule has 148 valence electrons. The number of fused-ring (bicyclic) bond motifs is 1. The van der Waals surface area contributed by atoms with Crippen LogP contribution in [-0.2, 0) is 4.79 Å². The van der Waals surface area contributed by atoms with Gasteiger partial charge in [0.2, 0.25) is 0 Å². The number of rotatable bonds is 5. The lowest BCUT2D eigenvalue weighted by Crippen LogP contribution is -2.36. The molecule has 1 amide bonds. The van der Waals surface area contributed by atoms with Gasteiger partial charge in [0.05, 0.1) is 12.0 Å². The average molecular weight is 381 g/mol. The lowest BCUT2D eigenvalue weighted by molar-refractivity contribution is -0.118. The number of benzene rings is 2. The van der Waals surface area contributed by atoms with Crippen LogP contribution in [0, 0.1) is 6.92 Å². The minimum Gasteiger partial charge on any atom is -0.486 e. The number of Topliss-reactive ketones (excluding diaryl/α,β-unsaturated/α-hetero) is 1. The van der Waals surface area contributed by atoms with Crippen LogP contribution >= 0.6 is 0 Å². The van der Waals surface area contributed by atoms with Gasteiger partial charge < -0.3 is 14.8 Å². The molecule has 0 spiro atoms. The van der Waals surface area contributed by atoms with Crippen LogP contribution in [0.5, 0.6) is 11.5 Å². The summed E-state index contributed by atoms with van der Waals surface area (Å²) in [6, 6.07) is 11.2. The first-order valence-corrected chi connectivity index (χ1v) is 9.55. The summed E-state index contributed by atoms with van der Waals surface area (Å²) in [6.45, 7) is 9.74. The second kappa shape index (κ2) is 7.66. The zero-order valence-corrected chi connectivity index (χ0v) is 17.1. The number of ketones is 1. The van der Waals surface area contributed by atoms with E-state index in [2.05, 4.69) is 19.2 Å². The van der Waals surface area contributed by atoms with Crippen LogP contribution in [0.3, 0.4) is 0 Å². The summed E-state index contributed by atoms with van der Waals surface area (Å²) in [6.07, 6.45) is 0.345. The number of hydrogen-bond acceptors (Lipinski definition) is 4. The molecule has 0 saturated carbocycles. The Kier molecular flexibility index (Phi) is 5.45. The quantitative estimate of drug-likeness (QED) is 0.802. The molecule has 1 aliphatic rings. The second-order valence-electron chi connectivity index (χ2n) is 8.14. The molecule has 0 aliphatic carbocycles. The number of nitrogens with one attached hydrogen (secondary N) is 1. The van der Waals surface area contributed by atoms with E-state index < -0.39 is 5.60 Å². The first-order chi connectivity index (χ1) is 13.2. The van der Waals surface area contributed by atoms with Gasteiger partial charge in [0.15, 0.2) is 12.4 Å². The molecular formula is C23H27NO4. The van der Waals surface area contributed by atoms with Crippen LogP contribution < -0.4 is 14.8 Å². The fourth-order valence-corrected chi connectivity index (χ4v) is 3.27. The Morgan fingerprint density at radius 1 is 1.18 bits per heavy atom. The van der Waals surface area contributed by atoms with Gasteiger partial charge in [0.25, 0.3) is 5.91 Å². The van der Waals surface area contributed by atoms with Gasteiger partial charge in [-0.05, 0) is 56.5 Å². The molecule has 2 aromatic rings. The summed E-state index contributed by atoms with van der Waals surface area (Å²) < 4.78 is 11.7. The van der Waals surface area contributed by atoms with Gasteiger partial charge in [0.1, 0.15) is 17.1 Å². The molecule has 5 heteroatoms. The number of ether oxygens (including phenoxy) is 2. The molecule has 1 aliphatic heterocycles.